The third-order valence-electron chi connectivity index (χ3n) is 3.03. The van der Waals surface area contributed by atoms with Crippen molar-refractivity contribution in [3.05, 3.63) is 11.9 Å². The Balaban J connectivity index is 2.58. The molecule has 0 fully saturated rings. The quantitative estimate of drug-likeness (QED) is 0.318. The highest BCUT2D eigenvalue weighted by Gasteiger charge is 2.25. The van der Waals surface area contributed by atoms with Crippen molar-refractivity contribution >= 4 is 23.9 Å². The van der Waals surface area contributed by atoms with Crippen LogP contribution in [-0.4, -0.2) is 68.1 Å². The number of aromatic nitrogens is 3. The zero-order valence-electron chi connectivity index (χ0n) is 13.6. The van der Waals surface area contributed by atoms with Crippen molar-refractivity contribution in [2.45, 2.75) is 32.4 Å². The van der Waals surface area contributed by atoms with Gasteiger partial charge in [0.25, 0.3) is 5.91 Å². The summed E-state index contributed by atoms with van der Waals surface area (Å²) in [4.78, 5) is 45.8. The fourth-order valence-electron chi connectivity index (χ4n) is 1.85. The highest BCUT2D eigenvalue weighted by atomic mass is 16.4. The summed E-state index contributed by atoms with van der Waals surface area (Å²) in [5.41, 5.74) is -0.0449. The van der Waals surface area contributed by atoms with E-state index in [2.05, 4.69) is 31.4 Å². The summed E-state index contributed by atoms with van der Waals surface area (Å²) in [6.07, 6.45) is 1.33. The van der Waals surface area contributed by atoms with E-state index in [1.54, 1.807) is 13.8 Å². The molecule has 0 saturated carbocycles. The van der Waals surface area contributed by atoms with Crippen molar-refractivity contribution in [2.24, 2.45) is 5.92 Å². The van der Waals surface area contributed by atoms with E-state index in [1.165, 1.54) is 0 Å². The van der Waals surface area contributed by atoms with Gasteiger partial charge in [0.2, 0.25) is 0 Å². The van der Waals surface area contributed by atoms with Crippen molar-refractivity contribution in [3.8, 4) is 0 Å². The molecule has 2 unspecified atom stereocenters. The normalized spacial score (nSPS) is 12.9. The van der Waals surface area contributed by atoms with Gasteiger partial charge in [0.05, 0.1) is 6.20 Å². The molecular weight excluding hydrogens is 336 g/mol. The first-order valence-corrected chi connectivity index (χ1v) is 7.37. The molecule has 1 heterocycles. The zero-order valence-corrected chi connectivity index (χ0v) is 13.6. The smallest absolute Gasteiger partial charge is 0.328 e. The zero-order chi connectivity index (χ0) is 19.0. The highest BCUT2D eigenvalue weighted by Crippen LogP contribution is 2.04. The molecule has 0 aliphatic carbocycles. The van der Waals surface area contributed by atoms with Crippen LogP contribution < -0.4 is 16.0 Å². The Kier molecular flexibility index (Phi) is 7.31. The maximum atomic E-state index is 11.8. The van der Waals surface area contributed by atoms with E-state index in [9.17, 15) is 19.2 Å². The lowest BCUT2D eigenvalue weighted by Crippen LogP contribution is -2.54. The van der Waals surface area contributed by atoms with Gasteiger partial charge < -0.3 is 26.2 Å². The van der Waals surface area contributed by atoms with Gasteiger partial charge in [-0.25, -0.2) is 14.4 Å². The van der Waals surface area contributed by atoms with Gasteiger partial charge in [-0.2, -0.15) is 15.4 Å². The van der Waals surface area contributed by atoms with Crippen LogP contribution in [0, 0.1) is 5.92 Å². The van der Waals surface area contributed by atoms with Gasteiger partial charge in [-0.3, -0.25) is 4.79 Å². The monoisotopic (exact) mass is 356 g/mol. The Labute approximate surface area is 142 Å². The molecule has 0 saturated heterocycles. The van der Waals surface area contributed by atoms with Gasteiger partial charge >= 0.3 is 18.0 Å². The standard InChI is InChI=1S/C13H20N6O6/c1-6(2)3-7(11(21)22)16-13(25)17-9(12(23)24)4-14-10(20)8-5-15-19-18-8/h5-7,9H,3-4H2,1-2H3,(H,14,20)(H,21,22)(H,23,24)(H,15,18,19)(H2,16,17,25). The molecule has 6 N–H and O–H groups in total. The summed E-state index contributed by atoms with van der Waals surface area (Å²) in [6, 6.07) is -3.57. The Morgan fingerprint density at radius 3 is 2.20 bits per heavy atom. The molecule has 0 radical (unpaired) electrons. The molecule has 1 aromatic heterocycles. The molecule has 0 bridgehead atoms. The van der Waals surface area contributed by atoms with Gasteiger partial charge in [0, 0.05) is 6.54 Å². The molecule has 0 aromatic carbocycles. The summed E-state index contributed by atoms with van der Waals surface area (Å²) in [5, 5.41) is 33.9. The highest BCUT2D eigenvalue weighted by molar-refractivity contribution is 5.92. The van der Waals surface area contributed by atoms with Crippen LogP contribution in [0.2, 0.25) is 0 Å². The average molecular weight is 356 g/mol. The van der Waals surface area contributed by atoms with E-state index in [1.807, 2.05) is 0 Å². The van der Waals surface area contributed by atoms with Crippen LogP contribution in [0.25, 0.3) is 0 Å². The predicted molar refractivity (Wildman–Crippen MR) is 82.7 cm³/mol. The number of carbonyl (C=O) groups is 4. The van der Waals surface area contributed by atoms with Crippen LogP contribution in [0.3, 0.4) is 0 Å². The number of hydrogen-bond acceptors (Lipinski definition) is 6. The number of aliphatic carboxylic acids is 2. The molecular formula is C13H20N6O6. The predicted octanol–water partition coefficient (Wildman–Crippen LogP) is -1.21. The molecule has 3 amide bonds. The lowest BCUT2D eigenvalue weighted by atomic mass is 10.0. The number of carbonyl (C=O) groups excluding carboxylic acids is 2. The summed E-state index contributed by atoms with van der Waals surface area (Å²) >= 11 is 0. The van der Waals surface area contributed by atoms with Crippen LogP contribution in [0.4, 0.5) is 4.79 Å². The van der Waals surface area contributed by atoms with Crippen molar-refractivity contribution in [2.75, 3.05) is 6.54 Å². The second kappa shape index (κ2) is 9.20. The maximum absolute atomic E-state index is 11.8. The number of aromatic amines is 1. The molecule has 12 nitrogen and oxygen atoms in total. The van der Waals surface area contributed by atoms with Gasteiger partial charge in [-0.05, 0) is 12.3 Å². The Morgan fingerprint density at radius 1 is 1.12 bits per heavy atom. The van der Waals surface area contributed by atoms with Gasteiger partial charge in [-0.15, -0.1) is 0 Å². The third kappa shape index (κ3) is 6.85. The fraction of sp³-hybridized carbons (Fsp3) is 0.538. The number of nitrogens with one attached hydrogen (secondary N) is 4. The Hall–Kier alpha value is -3.18. The lowest BCUT2D eigenvalue weighted by Gasteiger charge is -2.19. The van der Waals surface area contributed by atoms with E-state index in [-0.39, 0.29) is 18.0 Å². The number of nitrogens with zero attached hydrogens (tertiary/aromatic N) is 2. The van der Waals surface area contributed by atoms with Crippen LogP contribution in [0.1, 0.15) is 30.8 Å². The largest absolute Gasteiger partial charge is 0.480 e. The van der Waals surface area contributed by atoms with Crippen LogP contribution in [-0.2, 0) is 9.59 Å². The molecule has 0 aliphatic rings. The number of carboxylic acid groups (broad SMARTS) is 2. The summed E-state index contributed by atoms with van der Waals surface area (Å²) in [6.45, 7) is 3.15. The number of rotatable bonds is 9. The number of hydrogen-bond donors (Lipinski definition) is 6. The van der Waals surface area contributed by atoms with Crippen molar-refractivity contribution in [1.29, 1.82) is 0 Å². The van der Waals surface area contributed by atoms with Gasteiger partial charge in [0.15, 0.2) is 5.69 Å². The number of carboxylic acids is 2. The fourth-order valence-corrected chi connectivity index (χ4v) is 1.85. The van der Waals surface area contributed by atoms with E-state index in [4.69, 9.17) is 10.2 Å². The number of amides is 3. The topological polar surface area (TPSA) is 186 Å². The van der Waals surface area contributed by atoms with Crippen LogP contribution in [0.15, 0.2) is 6.20 Å². The molecule has 1 aromatic rings. The first-order valence-electron chi connectivity index (χ1n) is 7.37. The minimum atomic E-state index is -1.45. The molecule has 0 aliphatic heterocycles. The Bertz CT molecular complexity index is 617. The molecule has 2 atom stereocenters. The van der Waals surface area contributed by atoms with E-state index < -0.39 is 42.5 Å². The summed E-state index contributed by atoms with van der Waals surface area (Å²) in [5.74, 6) is -3.29. The second-order valence-electron chi connectivity index (χ2n) is 5.59. The Morgan fingerprint density at radius 2 is 1.72 bits per heavy atom. The molecule has 1 rings (SSSR count). The van der Waals surface area contributed by atoms with E-state index >= 15 is 0 Å². The average Bonchev–Trinajstić information content (AvgIpc) is 3.04. The SMILES string of the molecule is CC(C)CC(NC(=O)NC(CNC(=O)c1cn[nH]n1)C(=O)O)C(=O)O. The first kappa shape index (κ1) is 19.9. The summed E-state index contributed by atoms with van der Waals surface area (Å²) in [7, 11) is 0. The van der Waals surface area contributed by atoms with Crippen molar-refractivity contribution < 1.29 is 29.4 Å². The minimum Gasteiger partial charge on any atom is -0.480 e. The van der Waals surface area contributed by atoms with Crippen LogP contribution >= 0.6 is 0 Å². The number of urea groups is 1. The van der Waals surface area contributed by atoms with E-state index in [0.717, 1.165) is 6.20 Å². The van der Waals surface area contributed by atoms with Crippen molar-refractivity contribution in [1.82, 2.24) is 31.4 Å². The van der Waals surface area contributed by atoms with Gasteiger partial charge in [-0.1, -0.05) is 13.8 Å². The van der Waals surface area contributed by atoms with Gasteiger partial charge in [0.1, 0.15) is 12.1 Å². The summed E-state index contributed by atoms with van der Waals surface area (Å²) < 4.78 is 0. The molecule has 25 heavy (non-hydrogen) atoms. The second-order valence-corrected chi connectivity index (χ2v) is 5.59. The maximum Gasteiger partial charge on any atom is 0.328 e. The van der Waals surface area contributed by atoms with Crippen LogP contribution in [0.5, 0.6) is 0 Å². The number of H-pyrrole nitrogens is 1. The molecule has 0 spiro atoms. The molecule has 12 heteroatoms. The lowest BCUT2D eigenvalue weighted by molar-refractivity contribution is -0.139. The van der Waals surface area contributed by atoms with Crippen molar-refractivity contribution in [3.63, 3.8) is 0 Å². The minimum absolute atomic E-state index is 0.0124. The first-order chi connectivity index (χ1) is 11.7. The molecule has 138 valence electrons. The third-order valence-corrected chi connectivity index (χ3v) is 3.03. The van der Waals surface area contributed by atoms with E-state index in [0.29, 0.717) is 0 Å².